The molecule has 1 amide bonds. The molecule has 1 fully saturated rings. The van der Waals surface area contributed by atoms with Gasteiger partial charge in [-0.25, -0.2) is 0 Å². The largest absolute Gasteiger partial charge is 0.493 e. The van der Waals surface area contributed by atoms with Crippen LogP contribution in [0.3, 0.4) is 0 Å². The number of nitrogens with two attached hydrogens (primary N) is 1. The van der Waals surface area contributed by atoms with Crippen molar-refractivity contribution < 1.29 is 19.6 Å². The van der Waals surface area contributed by atoms with Crippen LogP contribution in [0.15, 0.2) is 18.2 Å². The molecule has 1 saturated heterocycles. The van der Waals surface area contributed by atoms with Gasteiger partial charge in [0.25, 0.3) is 0 Å². The first kappa shape index (κ1) is 17.0. The number of methoxy groups -OCH3 is 2. The fraction of sp³-hybridized carbons (Fsp3) is 0.562. The summed E-state index contributed by atoms with van der Waals surface area (Å²) in [7, 11) is 5.28. The van der Waals surface area contributed by atoms with Gasteiger partial charge >= 0.3 is 0 Å². The molecule has 5 nitrogen and oxygen atoms in total. The van der Waals surface area contributed by atoms with E-state index in [1.54, 1.807) is 26.0 Å². The Labute approximate surface area is 136 Å². The third-order valence-electron chi connectivity index (χ3n) is 3.86. The molecule has 2 atom stereocenters. The Balaban J connectivity index is 2.29. The lowest BCUT2D eigenvalue weighted by atomic mass is 10.1. The number of quaternary nitrogens is 1. The molecular weight excluding hydrogens is 300 g/mol. The number of benzene rings is 1. The van der Waals surface area contributed by atoms with Crippen LogP contribution in [-0.4, -0.2) is 50.4 Å². The van der Waals surface area contributed by atoms with E-state index in [4.69, 9.17) is 9.47 Å². The normalized spacial score (nSPS) is 21.3. The Morgan fingerprint density at radius 1 is 1.27 bits per heavy atom. The summed E-state index contributed by atoms with van der Waals surface area (Å²) in [4.78, 5) is 14.5. The van der Waals surface area contributed by atoms with Crippen molar-refractivity contribution in [2.45, 2.75) is 24.0 Å². The van der Waals surface area contributed by atoms with Crippen LogP contribution in [-0.2, 0) is 4.79 Å². The highest BCUT2D eigenvalue weighted by Crippen LogP contribution is 2.45. The zero-order valence-electron chi connectivity index (χ0n) is 13.7. The van der Waals surface area contributed by atoms with E-state index in [-0.39, 0.29) is 16.5 Å². The Bertz CT molecular complexity index is 524. The van der Waals surface area contributed by atoms with Crippen molar-refractivity contribution in [3.8, 4) is 11.5 Å². The topological polar surface area (TPSA) is 55.4 Å². The molecule has 0 radical (unpaired) electrons. The summed E-state index contributed by atoms with van der Waals surface area (Å²) in [5.41, 5.74) is 1.09. The number of amides is 1. The number of carbonyl (C=O) groups is 1. The maximum absolute atomic E-state index is 12.5. The number of ether oxygens (including phenoxy) is 2. The first-order chi connectivity index (χ1) is 10.7. The smallest absolute Gasteiger partial charge is 0.237 e. The van der Waals surface area contributed by atoms with Crippen LogP contribution in [0, 0.1) is 0 Å². The molecule has 0 aromatic heterocycles. The second-order valence-electron chi connectivity index (χ2n) is 5.23. The number of likely N-dealkylation sites (N-methyl/N-ethyl adjacent to an activating group) is 1. The average molecular weight is 325 g/mol. The molecular formula is C16H25N2O3S+. The van der Waals surface area contributed by atoms with E-state index in [1.165, 1.54) is 0 Å². The van der Waals surface area contributed by atoms with Gasteiger partial charge in [-0.05, 0) is 24.1 Å². The monoisotopic (exact) mass is 325 g/mol. The van der Waals surface area contributed by atoms with Gasteiger partial charge in [-0.2, -0.15) is 0 Å². The third-order valence-corrected chi connectivity index (χ3v) is 5.50. The number of nitrogens with zero attached hydrogens (tertiary/aromatic N) is 1. The zero-order chi connectivity index (χ0) is 16.1. The summed E-state index contributed by atoms with van der Waals surface area (Å²) in [6.07, 6.45) is 0.861. The van der Waals surface area contributed by atoms with Crippen LogP contribution in [0.4, 0.5) is 0 Å². The molecule has 0 saturated carbocycles. The van der Waals surface area contributed by atoms with Crippen LogP contribution in [0.1, 0.15) is 24.3 Å². The fourth-order valence-electron chi connectivity index (χ4n) is 2.62. The molecule has 1 aromatic rings. The minimum absolute atomic E-state index is 0.0509. The summed E-state index contributed by atoms with van der Waals surface area (Å²) in [6.45, 7) is 3.74. The summed E-state index contributed by atoms with van der Waals surface area (Å²) < 4.78 is 10.7. The summed E-state index contributed by atoms with van der Waals surface area (Å²) in [5, 5.41) is 2.20. The lowest BCUT2D eigenvalue weighted by molar-refractivity contribution is -0.626. The van der Waals surface area contributed by atoms with Crippen LogP contribution >= 0.6 is 11.8 Å². The van der Waals surface area contributed by atoms with Gasteiger partial charge in [0, 0.05) is 0 Å². The van der Waals surface area contributed by atoms with E-state index < -0.39 is 0 Å². The molecule has 122 valence electrons. The van der Waals surface area contributed by atoms with Crippen LogP contribution < -0.4 is 14.8 Å². The zero-order valence-corrected chi connectivity index (χ0v) is 14.5. The molecule has 6 heteroatoms. The highest BCUT2D eigenvalue weighted by molar-refractivity contribution is 8.01. The first-order valence-corrected chi connectivity index (χ1v) is 8.56. The predicted molar refractivity (Wildman–Crippen MR) is 88.4 cm³/mol. The average Bonchev–Trinajstić information content (AvgIpc) is 2.88. The van der Waals surface area contributed by atoms with Crippen LogP contribution in [0.25, 0.3) is 0 Å². The van der Waals surface area contributed by atoms with E-state index in [1.807, 2.05) is 30.1 Å². The van der Waals surface area contributed by atoms with Gasteiger partial charge in [-0.3, -0.25) is 4.79 Å². The number of hydrogen-bond acceptors (Lipinski definition) is 4. The molecule has 2 rings (SSSR count). The van der Waals surface area contributed by atoms with E-state index in [0.717, 1.165) is 25.1 Å². The van der Waals surface area contributed by atoms with Crippen LogP contribution in [0.5, 0.6) is 11.5 Å². The van der Waals surface area contributed by atoms with Crippen LogP contribution in [0.2, 0.25) is 0 Å². The molecule has 22 heavy (non-hydrogen) atoms. The van der Waals surface area contributed by atoms with Crippen molar-refractivity contribution in [1.82, 2.24) is 4.90 Å². The standard InChI is InChI=1S/C16H24N2O3S/c1-5-14-15(19)18(9-8-17-2)16(22-14)11-6-7-12(20-3)13(10-11)21-4/h6-7,10,14,16-17H,5,8-9H2,1-4H3/p+1/t14-,16-/m1/s1. The summed E-state index contributed by atoms with van der Waals surface area (Å²) >= 11 is 1.73. The number of carbonyl (C=O) groups excluding carboxylic acids is 1. The van der Waals surface area contributed by atoms with Gasteiger partial charge in [0.2, 0.25) is 5.91 Å². The minimum atomic E-state index is 0.0509. The lowest BCUT2D eigenvalue weighted by Gasteiger charge is -2.24. The van der Waals surface area contributed by atoms with Crippen molar-refractivity contribution in [3.63, 3.8) is 0 Å². The number of hydrogen-bond donors (Lipinski definition) is 1. The van der Waals surface area contributed by atoms with E-state index in [2.05, 4.69) is 12.2 Å². The number of rotatable bonds is 7. The Hall–Kier alpha value is -1.40. The number of thioether (sulfide) groups is 1. The van der Waals surface area contributed by atoms with Gasteiger partial charge in [0.1, 0.15) is 5.37 Å². The SMILES string of the molecule is CC[C@H]1S[C@H](c2ccc(OC)c(OC)c2)N(CC[NH2+]C)C1=O. The molecule has 0 spiro atoms. The van der Waals surface area contributed by atoms with Crippen molar-refractivity contribution in [2.24, 2.45) is 0 Å². The Kier molecular flexibility index (Phi) is 5.97. The summed E-state index contributed by atoms with van der Waals surface area (Å²) in [6, 6.07) is 5.90. The van der Waals surface area contributed by atoms with Crippen molar-refractivity contribution in [3.05, 3.63) is 23.8 Å². The van der Waals surface area contributed by atoms with Gasteiger partial charge in [-0.15, -0.1) is 11.8 Å². The quantitative estimate of drug-likeness (QED) is 0.820. The van der Waals surface area contributed by atoms with Gasteiger partial charge in [0.05, 0.1) is 39.6 Å². The predicted octanol–water partition coefficient (Wildman–Crippen LogP) is 1.25. The third kappa shape index (κ3) is 3.33. The molecule has 1 heterocycles. The van der Waals surface area contributed by atoms with Gasteiger partial charge < -0.3 is 19.7 Å². The van der Waals surface area contributed by atoms with E-state index >= 15 is 0 Å². The van der Waals surface area contributed by atoms with Gasteiger partial charge in [0.15, 0.2) is 11.5 Å². The molecule has 0 bridgehead atoms. The Morgan fingerprint density at radius 3 is 2.59 bits per heavy atom. The second-order valence-corrected chi connectivity index (χ2v) is 6.52. The minimum Gasteiger partial charge on any atom is -0.493 e. The van der Waals surface area contributed by atoms with Crippen molar-refractivity contribution in [1.29, 1.82) is 0 Å². The molecule has 0 aliphatic carbocycles. The molecule has 1 aliphatic rings. The molecule has 0 unspecified atom stereocenters. The van der Waals surface area contributed by atoms with Crippen molar-refractivity contribution >= 4 is 17.7 Å². The second kappa shape index (κ2) is 7.74. The Morgan fingerprint density at radius 2 is 2.00 bits per heavy atom. The maximum Gasteiger partial charge on any atom is 0.237 e. The fourth-order valence-corrected chi connectivity index (χ4v) is 4.03. The van der Waals surface area contributed by atoms with Crippen molar-refractivity contribution in [2.75, 3.05) is 34.4 Å². The van der Waals surface area contributed by atoms with E-state index in [0.29, 0.717) is 11.5 Å². The highest BCUT2D eigenvalue weighted by atomic mass is 32.2. The summed E-state index contributed by atoms with van der Waals surface area (Å²) in [5.74, 6) is 1.66. The van der Waals surface area contributed by atoms with Gasteiger partial charge in [-0.1, -0.05) is 13.0 Å². The molecule has 1 aromatic carbocycles. The highest BCUT2D eigenvalue weighted by Gasteiger charge is 2.40. The molecule has 1 aliphatic heterocycles. The first-order valence-electron chi connectivity index (χ1n) is 7.61. The molecule has 2 N–H and O–H groups in total. The maximum atomic E-state index is 12.5. The van der Waals surface area contributed by atoms with E-state index in [9.17, 15) is 4.79 Å². The lowest BCUT2D eigenvalue weighted by Crippen LogP contribution is -2.81.